The third-order valence-corrected chi connectivity index (χ3v) is 6.60. The number of anilines is 1. The van der Waals surface area contributed by atoms with Gasteiger partial charge < -0.3 is 14.4 Å². The number of carbonyl (C=O) groups is 1. The number of para-hydroxylation sites is 1. The molecule has 29 heavy (non-hydrogen) atoms. The second kappa shape index (κ2) is 6.75. The normalized spacial score (nSPS) is 24.0. The molecule has 0 N–H and O–H groups in total. The highest BCUT2D eigenvalue weighted by atomic mass is 16.5. The molecule has 152 valence electrons. The average Bonchev–Trinajstić information content (AvgIpc) is 3.21. The van der Waals surface area contributed by atoms with Gasteiger partial charge in [-0.25, -0.2) is 0 Å². The molecule has 0 bridgehead atoms. The molecular weight excluding hydrogens is 366 g/mol. The molecule has 0 radical (unpaired) electrons. The molecule has 6 heteroatoms. The van der Waals surface area contributed by atoms with Gasteiger partial charge in [-0.2, -0.15) is 0 Å². The predicted molar refractivity (Wildman–Crippen MR) is 112 cm³/mol. The van der Waals surface area contributed by atoms with Crippen LogP contribution in [-0.4, -0.2) is 69.3 Å². The topological polar surface area (TPSA) is 45.3 Å². The summed E-state index contributed by atoms with van der Waals surface area (Å²) >= 11 is 0. The number of fused-ring (bicyclic) bond motifs is 4. The molecule has 1 spiro atoms. The van der Waals surface area contributed by atoms with Crippen molar-refractivity contribution in [2.24, 2.45) is 0 Å². The summed E-state index contributed by atoms with van der Waals surface area (Å²) in [5.41, 5.74) is 3.24. The van der Waals surface area contributed by atoms with Gasteiger partial charge in [-0.05, 0) is 37.2 Å². The van der Waals surface area contributed by atoms with Crippen molar-refractivity contribution in [2.45, 2.75) is 12.3 Å². The van der Waals surface area contributed by atoms with Crippen molar-refractivity contribution in [1.29, 1.82) is 0 Å². The smallest absolute Gasteiger partial charge is 0.246 e. The van der Waals surface area contributed by atoms with Crippen LogP contribution in [0.2, 0.25) is 0 Å². The zero-order valence-electron chi connectivity index (χ0n) is 17.3. The van der Waals surface area contributed by atoms with E-state index in [2.05, 4.69) is 35.0 Å². The number of rotatable bonds is 3. The van der Waals surface area contributed by atoms with E-state index in [9.17, 15) is 4.79 Å². The van der Waals surface area contributed by atoms with Crippen LogP contribution in [0.4, 0.5) is 5.69 Å². The number of likely N-dealkylation sites (N-methyl/N-ethyl adjacent to an activating group) is 1. The first-order valence-electron chi connectivity index (χ1n) is 10.2. The maximum atomic E-state index is 13.9. The molecule has 3 heterocycles. The quantitative estimate of drug-likeness (QED) is 0.800. The van der Waals surface area contributed by atoms with Crippen molar-refractivity contribution >= 4 is 11.6 Å². The molecule has 0 unspecified atom stereocenters. The molecule has 0 saturated carbocycles. The molecule has 1 atom stereocenters. The lowest BCUT2D eigenvalue weighted by Crippen LogP contribution is -2.51. The lowest BCUT2D eigenvalue weighted by Gasteiger charge is -2.35. The number of ether oxygens (including phenoxy) is 2. The molecule has 3 aliphatic heterocycles. The summed E-state index contributed by atoms with van der Waals surface area (Å²) in [6.45, 7) is 6.97. The van der Waals surface area contributed by atoms with Crippen molar-refractivity contribution in [2.75, 3.05) is 58.5 Å². The van der Waals surface area contributed by atoms with Crippen LogP contribution in [0.3, 0.4) is 0 Å². The Kier molecular flexibility index (Phi) is 4.29. The van der Waals surface area contributed by atoms with Crippen molar-refractivity contribution < 1.29 is 14.3 Å². The van der Waals surface area contributed by atoms with Crippen LogP contribution in [0.25, 0.3) is 0 Å². The number of hydrogen-bond acceptors (Lipinski definition) is 5. The fourth-order valence-corrected chi connectivity index (χ4v) is 4.86. The number of amides is 1. The van der Waals surface area contributed by atoms with Gasteiger partial charge in [0.15, 0.2) is 0 Å². The first kappa shape index (κ1) is 18.5. The van der Waals surface area contributed by atoms with E-state index in [1.54, 1.807) is 7.11 Å². The minimum Gasteiger partial charge on any atom is -0.496 e. The number of benzene rings is 2. The van der Waals surface area contributed by atoms with E-state index in [0.717, 1.165) is 60.1 Å². The van der Waals surface area contributed by atoms with Crippen molar-refractivity contribution in [3.8, 4) is 11.5 Å². The molecule has 6 nitrogen and oxygen atoms in total. The number of nitrogens with zero attached hydrogens (tertiary/aromatic N) is 3. The van der Waals surface area contributed by atoms with Crippen LogP contribution in [0.15, 0.2) is 36.4 Å². The summed E-state index contributed by atoms with van der Waals surface area (Å²) in [6.07, 6.45) is 0. The van der Waals surface area contributed by atoms with E-state index >= 15 is 0 Å². The van der Waals surface area contributed by atoms with Crippen LogP contribution >= 0.6 is 0 Å². The molecule has 1 fully saturated rings. The number of hydrogen-bond donors (Lipinski definition) is 0. The lowest BCUT2D eigenvalue weighted by atomic mass is 9.76. The van der Waals surface area contributed by atoms with Gasteiger partial charge >= 0.3 is 0 Å². The first-order valence-corrected chi connectivity index (χ1v) is 10.2. The standard InChI is InChI=1S/C23H27N3O3/c1-16-12-18-21(13-20(16)28-3)29-14-23(18)17-6-4-5-7-19(17)26(22(23)27)15-25-10-8-24(2)9-11-25/h4-7,12-13H,8-11,14-15H2,1-3H3/t23-/m0/s1. The monoisotopic (exact) mass is 393 g/mol. The Morgan fingerprint density at radius 1 is 1.10 bits per heavy atom. The summed E-state index contributed by atoms with van der Waals surface area (Å²) in [4.78, 5) is 20.6. The molecule has 1 amide bonds. The Hall–Kier alpha value is -2.57. The highest BCUT2D eigenvalue weighted by Crippen LogP contribution is 2.53. The fraction of sp³-hybridized carbons (Fsp3) is 0.435. The van der Waals surface area contributed by atoms with E-state index in [4.69, 9.17) is 9.47 Å². The molecule has 3 aliphatic rings. The van der Waals surface area contributed by atoms with Gasteiger partial charge in [0.1, 0.15) is 23.5 Å². The summed E-state index contributed by atoms with van der Waals surface area (Å²) in [6, 6.07) is 12.1. The molecule has 5 rings (SSSR count). The maximum absolute atomic E-state index is 13.9. The van der Waals surface area contributed by atoms with E-state index in [0.29, 0.717) is 13.3 Å². The van der Waals surface area contributed by atoms with E-state index < -0.39 is 5.41 Å². The SMILES string of the molecule is COc1cc2c(cc1C)[C@@]1(CO2)C(=O)N(CN2CCN(C)CC2)c2ccccc21. The van der Waals surface area contributed by atoms with Crippen molar-refractivity contribution in [1.82, 2.24) is 9.80 Å². The summed E-state index contributed by atoms with van der Waals surface area (Å²) in [5, 5.41) is 0. The van der Waals surface area contributed by atoms with Crippen molar-refractivity contribution in [3.05, 3.63) is 53.1 Å². The van der Waals surface area contributed by atoms with E-state index in [-0.39, 0.29) is 5.91 Å². The Morgan fingerprint density at radius 2 is 1.86 bits per heavy atom. The van der Waals surface area contributed by atoms with Gasteiger partial charge in [0.05, 0.1) is 13.8 Å². The molecule has 0 aliphatic carbocycles. The maximum Gasteiger partial charge on any atom is 0.246 e. The van der Waals surface area contributed by atoms with Crippen LogP contribution in [0.1, 0.15) is 16.7 Å². The second-order valence-corrected chi connectivity index (χ2v) is 8.33. The molecule has 2 aromatic carbocycles. The van der Waals surface area contributed by atoms with Gasteiger partial charge in [-0.3, -0.25) is 14.6 Å². The third-order valence-electron chi connectivity index (χ3n) is 6.60. The molecule has 0 aromatic heterocycles. The largest absolute Gasteiger partial charge is 0.496 e. The minimum absolute atomic E-state index is 0.112. The number of aryl methyl sites for hydroxylation is 1. The zero-order chi connectivity index (χ0) is 20.2. The summed E-state index contributed by atoms with van der Waals surface area (Å²) < 4.78 is 11.5. The number of carbonyl (C=O) groups excluding carboxylic acids is 1. The van der Waals surface area contributed by atoms with E-state index in [1.165, 1.54) is 0 Å². The molecular formula is C23H27N3O3. The van der Waals surface area contributed by atoms with Crippen molar-refractivity contribution in [3.63, 3.8) is 0 Å². The lowest BCUT2D eigenvalue weighted by molar-refractivity contribution is -0.122. The van der Waals surface area contributed by atoms with Crippen LogP contribution < -0.4 is 14.4 Å². The Balaban J connectivity index is 1.56. The molecule has 2 aromatic rings. The van der Waals surface area contributed by atoms with Gasteiger partial charge in [-0.15, -0.1) is 0 Å². The first-order chi connectivity index (χ1) is 14.0. The Bertz CT molecular complexity index is 968. The highest BCUT2D eigenvalue weighted by molar-refractivity contribution is 6.11. The fourth-order valence-electron chi connectivity index (χ4n) is 4.86. The third kappa shape index (κ3) is 2.66. The highest BCUT2D eigenvalue weighted by Gasteiger charge is 2.57. The van der Waals surface area contributed by atoms with Crippen LogP contribution in [0.5, 0.6) is 11.5 Å². The predicted octanol–water partition coefficient (Wildman–Crippen LogP) is 2.23. The Morgan fingerprint density at radius 3 is 2.62 bits per heavy atom. The Labute approximate surface area is 171 Å². The van der Waals surface area contributed by atoms with Crippen LogP contribution in [-0.2, 0) is 10.2 Å². The minimum atomic E-state index is -0.768. The zero-order valence-corrected chi connectivity index (χ0v) is 17.3. The number of piperazine rings is 1. The van der Waals surface area contributed by atoms with Crippen LogP contribution in [0, 0.1) is 6.92 Å². The van der Waals surface area contributed by atoms with E-state index in [1.807, 2.05) is 30.0 Å². The van der Waals surface area contributed by atoms with Gasteiger partial charge in [0, 0.05) is 43.5 Å². The van der Waals surface area contributed by atoms with Gasteiger partial charge in [0.25, 0.3) is 0 Å². The number of methoxy groups -OCH3 is 1. The van der Waals surface area contributed by atoms with Gasteiger partial charge in [-0.1, -0.05) is 18.2 Å². The average molecular weight is 393 g/mol. The second-order valence-electron chi connectivity index (χ2n) is 8.33. The molecule has 1 saturated heterocycles. The summed E-state index contributed by atoms with van der Waals surface area (Å²) in [7, 11) is 3.80. The summed E-state index contributed by atoms with van der Waals surface area (Å²) in [5.74, 6) is 1.65. The van der Waals surface area contributed by atoms with Gasteiger partial charge in [0.2, 0.25) is 5.91 Å².